The van der Waals surface area contributed by atoms with Crippen molar-refractivity contribution in [3.05, 3.63) is 53.6 Å². The summed E-state index contributed by atoms with van der Waals surface area (Å²) >= 11 is 0. The van der Waals surface area contributed by atoms with Gasteiger partial charge in [0.15, 0.2) is 0 Å². The van der Waals surface area contributed by atoms with Crippen molar-refractivity contribution in [1.29, 1.82) is 0 Å². The van der Waals surface area contributed by atoms with Crippen molar-refractivity contribution in [2.24, 2.45) is 0 Å². The third-order valence-electron chi connectivity index (χ3n) is 3.71. The molecule has 0 aromatic heterocycles. The van der Waals surface area contributed by atoms with Crippen molar-refractivity contribution >= 4 is 0 Å². The van der Waals surface area contributed by atoms with E-state index in [0.29, 0.717) is 0 Å². The van der Waals surface area contributed by atoms with Gasteiger partial charge >= 0.3 is 0 Å². The number of benzene rings is 2. The first-order chi connectivity index (χ1) is 10.2. The van der Waals surface area contributed by atoms with Gasteiger partial charge in [0.2, 0.25) is 0 Å². The fourth-order valence-electron chi connectivity index (χ4n) is 2.18. The highest BCUT2D eigenvalue weighted by atomic mass is 16.5. The molecule has 1 aliphatic carbocycles. The molecule has 0 radical (unpaired) electrons. The lowest BCUT2D eigenvalue weighted by molar-refractivity contribution is 0.412. The van der Waals surface area contributed by atoms with E-state index in [0.717, 1.165) is 35.4 Å². The van der Waals surface area contributed by atoms with E-state index in [2.05, 4.69) is 30.4 Å². The maximum atomic E-state index is 5.99. The van der Waals surface area contributed by atoms with Crippen molar-refractivity contribution in [2.45, 2.75) is 32.4 Å². The first-order valence-corrected chi connectivity index (χ1v) is 7.39. The van der Waals surface area contributed by atoms with Gasteiger partial charge in [0.1, 0.15) is 17.2 Å². The van der Waals surface area contributed by atoms with E-state index in [1.807, 2.05) is 24.3 Å². The van der Waals surface area contributed by atoms with Crippen LogP contribution in [0.5, 0.6) is 17.2 Å². The molecule has 0 unspecified atom stereocenters. The normalized spacial score (nSPS) is 14.0. The quantitative estimate of drug-likeness (QED) is 0.867. The smallest absolute Gasteiger partial charge is 0.130 e. The van der Waals surface area contributed by atoms with E-state index in [-0.39, 0.29) is 0 Å². The van der Waals surface area contributed by atoms with Gasteiger partial charge in [-0.15, -0.1) is 0 Å². The highest BCUT2D eigenvalue weighted by molar-refractivity contribution is 5.41. The minimum absolute atomic E-state index is 0.720. The molecule has 2 aromatic rings. The molecular weight excluding hydrogens is 262 g/mol. The molecule has 21 heavy (non-hydrogen) atoms. The first-order valence-electron chi connectivity index (χ1n) is 7.39. The van der Waals surface area contributed by atoms with Crippen LogP contribution in [0, 0.1) is 6.92 Å². The van der Waals surface area contributed by atoms with E-state index in [1.165, 1.54) is 18.4 Å². The molecular formula is C18H21NO2. The predicted octanol–water partition coefficient (Wildman–Crippen LogP) is 4.05. The number of methoxy groups -OCH3 is 1. The molecule has 3 nitrogen and oxygen atoms in total. The Bertz CT molecular complexity index is 603. The Morgan fingerprint density at radius 1 is 1.05 bits per heavy atom. The highest BCUT2D eigenvalue weighted by Gasteiger charge is 2.20. The summed E-state index contributed by atoms with van der Waals surface area (Å²) in [5, 5.41) is 3.53. The second kappa shape index (κ2) is 6.19. The van der Waals surface area contributed by atoms with Gasteiger partial charge in [0.25, 0.3) is 0 Å². The van der Waals surface area contributed by atoms with Crippen LogP contribution in [0.1, 0.15) is 24.0 Å². The van der Waals surface area contributed by atoms with Gasteiger partial charge in [-0.1, -0.05) is 12.1 Å². The lowest BCUT2D eigenvalue weighted by Gasteiger charge is -2.11. The summed E-state index contributed by atoms with van der Waals surface area (Å²) in [5.74, 6) is 2.57. The van der Waals surface area contributed by atoms with Crippen molar-refractivity contribution in [3.63, 3.8) is 0 Å². The zero-order valence-electron chi connectivity index (χ0n) is 12.6. The molecule has 1 saturated carbocycles. The fourth-order valence-corrected chi connectivity index (χ4v) is 2.18. The molecule has 0 atom stereocenters. The molecule has 0 spiro atoms. The van der Waals surface area contributed by atoms with Crippen molar-refractivity contribution in [3.8, 4) is 17.2 Å². The largest absolute Gasteiger partial charge is 0.497 e. The molecule has 1 aliphatic rings. The Kier molecular flexibility index (Phi) is 4.11. The van der Waals surface area contributed by atoms with Gasteiger partial charge in [-0.05, 0) is 61.2 Å². The topological polar surface area (TPSA) is 30.5 Å². The third-order valence-corrected chi connectivity index (χ3v) is 3.71. The molecule has 2 aromatic carbocycles. The molecule has 1 fully saturated rings. The van der Waals surface area contributed by atoms with Gasteiger partial charge in [0.05, 0.1) is 7.11 Å². The van der Waals surface area contributed by atoms with E-state index in [1.54, 1.807) is 7.11 Å². The molecule has 0 amide bonds. The molecule has 110 valence electrons. The van der Waals surface area contributed by atoms with Gasteiger partial charge in [-0.25, -0.2) is 0 Å². The van der Waals surface area contributed by atoms with Gasteiger partial charge in [-0.3, -0.25) is 0 Å². The van der Waals surface area contributed by atoms with Crippen molar-refractivity contribution in [2.75, 3.05) is 7.11 Å². The lowest BCUT2D eigenvalue weighted by Crippen LogP contribution is -2.15. The van der Waals surface area contributed by atoms with Gasteiger partial charge in [-0.2, -0.15) is 0 Å². The summed E-state index contributed by atoms with van der Waals surface area (Å²) in [5.41, 5.74) is 2.40. The second-order valence-electron chi connectivity index (χ2n) is 5.53. The zero-order valence-corrected chi connectivity index (χ0v) is 12.6. The summed E-state index contributed by atoms with van der Waals surface area (Å²) in [6.07, 6.45) is 2.61. The van der Waals surface area contributed by atoms with Crippen LogP contribution in [0.2, 0.25) is 0 Å². The number of hydrogen-bond acceptors (Lipinski definition) is 3. The van der Waals surface area contributed by atoms with Crippen LogP contribution in [0.25, 0.3) is 0 Å². The average molecular weight is 283 g/mol. The average Bonchev–Trinajstić information content (AvgIpc) is 3.33. The number of ether oxygens (including phenoxy) is 2. The summed E-state index contributed by atoms with van der Waals surface area (Å²) in [6.45, 7) is 2.97. The van der Waals surface area contributed by atoms with E-state index in [9.17, 15) is 0 Å². The molecule has 0 saturated heterocycles. The van der Waals surface area contributed by atoms with Gasteiger partial charge in [0, 0.05) is 12.6 Å². The van der Waals surface area contributed by atoms with Crippen molar-refractivity contribution < 1.29 is 9.47 Å². The second-order valence-corrected chi connectivity index (χ2v) is 5.53. The monoisotopic (exact) mass is 283 g/mol. The molecule has 1 N–H and O–H groups in total. The Balaban J connectivity index is 1.71. The van der Waals surface area contributed by atoms with E-state index >= 15 is 0 Å². The van der Waals surface area contributed by atoms with Crippen LogP contribution in [0.4, 0.5) is 0 Å². The molecule has 0 bridgehead atoms. The fraction of sp³-hybridized carbons (Fsp3) is 0.333. The van der Waals surface area contributed by atoms with Crippen LogP contribution in [-0.2, 0) is 6.54 Å². The molecule has 0 aliphatic heterocycles. The predicted molar refractivity (Wildman–Crippen MR) is 84.1 cm³/mol. The maximum absolute atomic E-state index is 5.99. The van der Waals surface area contributed by atoms with Crippen LogP contribution >= 0.6 is 0 Å². The Morgan fingerprint density at radius 2 is 1.76 bits per heavy atom. The Morgan fingerprint density at radius 3 is 2.43 bits per heavy atom. The van der Waals surface area contributed by atoms with Crippen LogP contribution in [0.15, 0.2) is 42.5 Å². The number of rotatable bonds is 6. The zero-order chi connectivity index (χ0) is 14.7. The Hall–Kier alpha value is -2.00. The third kappa shape index (κ3) is 3.76. The van der Waals surface area contributed by atoms with Gasteiger partial charge < -0.3 is 14.8 Å². The molecule has 0 heterocycles. The summed E-state index contributed by atoms with van der Waals surface area (Å²) in [6, 6.07) is 14.8. The minimum Gasteiger partial charge on any atom is -0.497 e. The maximum Gasteiger partial charge on any atom is 0.130 e. The number of aryl methyl sites for hydroxylation is 1. The Labute approximate surface area is 125 Å². The van der Waals surface area contributed by atoms with E-state index in [4.69, 9.17) is 9.47 Å². The lowest BCUT2D eigenvalue weighted by atomic mass is 10.1. The summed E-state index contributed by atoms with van der Waals surface area (Å²) in [4.78, 5) is 0. The number of nitrogens with one attached hydrogen (secondary N) is 1. The SMILES string of the molecule is COc1ccc(Oc2cc(CNC3CC3)ccc2C)cc1. The summed E-state index contributed by atoms with van der Waals surface area (Å²) in [7, 11) is 1.66. The van der Waals surface area contributed by atoms with Crippen LogP contribution < -0.4 is 14.8 Å². The molecule has 3 rings (SSSR count). The van der Waals surface area contributed by atoms with Crippen molar-refractivity contribution in [1.82, 2.24) is 5.32 Å². The van der Waals surface area contributed by atoms with Crippen LogP contribution in [-0.4, -0.2) is 13.2 Å². The highest BCUT2D eigenvalue weighted by Crippen LogP contribution is 2.28. The first kappa shape index (κ1) is 14.0. The standard InChI is InChI=1S/C18H21NO2/c1-13-3-4-14(12-19-15-5-6-15)11-18(13)21-17-9-7-16(20-2)8-10-17/h3-4,7-11,15,19H,5-6,12H2,1-2H3. The van der Waals surface area contributed by atoms with Crippen LogP contribution in [0.3, 0.4) is 0 Å². The number of hydrogen-bond donors (Lipinski definition) is 1. The summed E-state index contributed by atoms with van der Waals surface area (Å²) < 4.78 is 11.1. The van der Waals surface area contributed by atoms with E-state index < -0.39 is 0 Å². The minimum atomic E-state index is 0.720. The molecule has 3 heteroatoms.